The number of ether oxygens (including phenoxy) is 3. The molecule has 3 N–H and O–H groups in total. The van der Waals surface area contributed by atoms with Crippen LogP contribution in [0, 0.1) is 0 Å². The van der Waals surface area contributed by atoms with Gasteiger partial charge in [-0.3, -0.25) is 4.57 Å². The van der Waals surface area contributed by atoms with Gasteiger partial charge >= 0.3 is 0 Å². The van der Waals surface area contributed by atoms with E-state index in [1.165, 1.54) is 6.33 Å². The molecule has 3 rings (SSSR count). The molecule has 25 heavy (non-hydrogen) atoms. The topological polar surface area (TPSA) is 118 Å². The molecule has 0 spiro atoms. The van der Waals surface area contributed by atoms with Gasteiger partial charge in [0.25, 0.3) is 0 Å². The molecule has 1 aliphatic heterocycles. The van der Waals surface area contributed by atoms with Crippen molar-refractivity contribution in [2.24, 2.45) is 0 Å². The van der Waals surface area contributed by atoms with Crippen molar-refractivity contribution in [3.05, 3.63) is 12.7 Å². The molecule has 2 aromatic heterocycles. The van der Waals surface area contributed by atoms with Crippen LogP contribution in [0.15, 0.2) is 12.7 Å². The summed E-state index contributed by atoms with van der Waals surface area (Å²) in [7, 11) is 0. The smallest absolute Gasteiger partial charge is 0.167 e. The highest BCUT2D eigenvalue weighted by atomic mass is 16.6. The van der Waals surface area contributed by atoms with E-state index in [9.17, 15) is 5.11 Å². The Hall–Kier alpha value is -1.81. The molecule has 9 nitrogen and oxygen atoms in total. The van der Waals surface area contributed by atoms with Gasteiger partial charge in [-0.05, 0) is 27.7 Å². The van der Waals surface area contributed by atoms with Crippen molar-refractivity contribution < 1.29 is 19.3 Å². The number of nitrogen functional groups attached to an aromatic ring is 1. The molecule has 0 aromatic carbocycles. The molecule has 1 fully saturated rings. The number of aromatic nitrogens is 4. The first-order chi connectivity index (χ1) is 11.9. The first-order valence-corrected chi connectivity index (χ1v) is 8.42. The van der Waals surface area contributed by atoms with Crippen molar-refractivity contribution in [3.8, 4) is 0 Å². The number of hydrogen-bond donors (Lipinski definition) is 2. The third kappa shape index (κ3) is 3.59. The van der Waals surface area contributed by atoms with Gasteiger partial charge in [0.05, 0.1) is 25.1 Å². The number of fused-ring (bicyclic) bond motifs is 1. The molecule has 138 valence electrons. The van der Waals surface area contributed by atoms with Crippen LogP contribution < -0.4 is 5.73 Å². The zero-order valence-electron chi connectivity index (χ0n) is 14.9. The van der Waals surface area contributed by atoms with Crippen molar-refractivity contribution in [2.45, 2.75) is 64.4 Å². The number of aliphatic hydroxyl groups excluding tert-OH is 1. The van der Waals surface area contributed by atoms with E-state index >= 15 is 0 Å². The number of hydrogen-bond acceptors (Lipinski definition) is 8. The fourth-order valence-corrected chi connectivity index (χ4v) is 2.91. The van der Waals surface area contributed by atoms with Gasteiger partial charge in [0, 0.05) is 0 Å². The maximum Gasteiger partial charge on any atom is 0.167 e. The van der Waals surface area contributed by atoms with E-state index in [1.807, 2.05) is 27.7 Å². The molecule has 0 aliphatic carbocycles. The molecule has 0 radical (unpaired) electrons. The first-order valence-electron chi connectivity index (χ1n) is 8.42. The number of imidazole rings is 1. The Labute approximate surface area is 146 Å². The Balaban J connectivity index is 1.89. The summed E-state index contributed by atoms with van der Waals surface area (Å²) in [6.07, 6.45) is 0.407. The molecule has 2 aromatic rings. The summed E-state index contributed by atoms with van der Waals surface area (Å²) < 4.78 is 19.3. The molecule has 0 bridgehead atoms. The quantitative estimate of drug-likeness (QED) is 0.788. The Kier molecular flexibility index (Phi) is 5.19. The Morgan fingerprint density at radius 3 is 2.68 bits per heavy atom. The number of nitrogens with zero attached hydrogens (tertiary/aromatic N) is 4. The zero-order chi connectivity index (χ0) is 18.1. The SMILES string of the molecule is CC(C)OC[C@H]1O[C@@H](n2cnc3c(N)ncnc32)C(O)[C@@H]1OC(C)C. The fourth-order valence-electron chi connectivity index (χ4n) is 2.91. The van der Waals surface area contributed by atoms with Gasteiger partial charge in [-0.25, -0.2) is 15.0 Å². The van der Waals surface area contributed by atoms with E-state index in [1.54, 1.807) is 10.9 Å². The Morgan fingerprint density at radius 2 is 2.00 bits per heavy atom. The van der Waals surface area contributed by atoms with Gasteiger partial charge < -0.3 is 25.1 Å². The van der Waals surface area contributed by atoms with Crippen LogP contribution in [0.5, 0.6) is 0 Å². The van der Waals surface area contributed by atoms with Crippen LogP contribution in [0.3, 0.4) is 0 Å². The summed E-state index contributed by atoms with van der Waals surface area (Å²) in [6, 6.07) is 0. The number of aliphatic hydroxyl groups is 1. The maximum absolute atomic E-state index is 10.8. The Morgan fingerprint density at radius 1 is 1.24 bits per heavy atom. The summed E-state index contributed by atoms with van der Waals surface area (Å²) >= 11 is 0. The first kappa shape index (κ1) is 18.0. The highest BCUT2D eigenvalue weighted by Gasteiger charge is 2.46. The second kappa shape index (κ2) is 7.20. The summed E-state index contributed by atoms with van der Waals surface area (Å²) in [5.41, 5.74) is 6.81. The van der Waals surface area contributed by atoms with Crippen LogP contribution in [0.4, 0.5) is 5.82 Å². The molecule has 3 heterocycles. The Bertz CT molecular complexity index is 720. The van der Waals surface area contributed by atoms with Crippen molar-refractivity contribution in [1.82, 2.24) is 19.5 Å². The second-order valence-electron chi connectivity index (χ2n) is 6.67. The largest absolute Gasteiger partial charge is 0.386 e. The lowest BCUT2D eigenvalue weighted by Crippen LogP contribution is -2.38. The normalized spacial score (nSPS) is 27.0. The van der Waals surface area contributed by atoms with Crippen molar-refractivity contribution in [2.75, 3.05) is 12.3 Å². The van der Waals surface area contributed by atoms with E-state index in [4.69, 9.17) is 19.9 Å². The van der Waals surface area contributed by atoms with Crippen molar-refractivity contribution >= 4 is 17.0 Å². The van der Waals surface area contributed by atoms with E-state index in [0.717, 1.165) is 0 Å². The summed E-state index contributed by atoms with van der Waals surface area (Å²) in [4.78, 5) is 12.4. The molecular weight excluding hydrogens is 326 g/mol. The molecule has 4 atom stereocenters. The average molecular weight is 351 g/mol. The number of nitrogens with two attached hydrogens (primary N) is 1. The van der Waals surface area contributed by atoms with Gasteiger partial charge in [0.1, 0.15) is 30.2 Å². The maximum atomic E-state index is 10.8. The second-order valence-corrected chi connectivity index (χ2v) is 6.67. The lowest BCUT2D eigenvalue weighted by molar-refractivity contribution is -0.0973. The monoisotopic (exact) mass is 351 g/mol. The van der Waals surface area contributed by atoms with Crippen LogP contribution in [0.1, 0.15) is 33.9 Å². The summed E-state index contributed by atoms with van der Waals surface area (Å²) in [5, 5.41) is 10.8. The lowest BCUT2D eigenvalue weighted by Gasteiger charge is -2.23. The standard InChI is InChI=1S/C16H25N5O4/c1-8(2)23-5-10-13(24-9(3)4)12(22)16(25-10)21-7-20-11-14(17)18-6-19-15(11)21/h6-10,12-13,16,22H,5H2,1-4H3,(H2,17,18,19)/t10-,12?,13-,16-/m1/s1. The van der Waals surface area contributed by atoms with E-state index in [2.05, 4.69) is 15.0 Å². The third-order valence-electron chi connectivity index (χ3n) is 3.99. The van der Waals surface area contributed by atoms with Crippen molar-refractivity contribution in [3.63, 3.8) is 0 Å². The lowest BCUT2D eigenvalue weighted by atomic mass is 10.1. The molecule has 0 saturated carbocycles. The van der Waals surface area contributed by atoms with E-state index in [-0.39, 0.29) is 18.0 Å². The van der Waals surface area contributed by atoms with Gasteiger partial charge in [-0.2, -0.15) is 0 Å². The summed E-state index contributed by atoms with van der Waals surface area (Å²) in [6.45, 7) is 8.06. The predicted molar refractivity (Wildman–Crippen MR) is 90.7 cm³/mol. The minimum Gasteiger partial charge on any atom is -0.386 e. The number of anilines is 1. The molecule has 1 saturated heterocycles. The zero-order valence-corrected chi connectivity index (χ0v) is 14.9. The molecule has 9 heteroatoms. The van der Waals surface area contributed by atoms with Gasteiger partial charge in [-0.1, -0.05) is 0 Å². The van der Waals surface area contributed by atoms with Gasteiger partial charge in [0.2, 0.25) is 0 Å². The van der Waals surface area contributed by atoms with Gasteiger partial charge in [0.15, 0.2) is 17.7 Å². The molecule has 1 aliphatic rings. The van der Waals surface area contributed by atoms with E-state index in [0.29, 0.717) is 17.8 Å². The van der Waals surface area contributed by atoms with Crippen LogP contribution >= 0.6 is 0 Å². The minimum atomic E-state index is -0.892. The third-order valence-corrected chi connectivity index (χ3v) is 3.99. The van der Waals surface area contributed by atoms with Crippen LogP contribution in [0.2, 0.25) is 0 Å². The molecule has 1 unspecified atom stereocenters. The predicted octanol–water partition coefficient (Wildman–Crippen LogP) is 0.885. The number of rotatable bonds is 6. The van der Waals surface area contributed by atoms with Crippen molar-refractivity contribution in [1.29, 1.82) is 0 Å². The average Bonchev–Trinajstić information content (AvgIpc) is 3.09. The van der Waals surface area contributed by atoms with Gasteiger partial charge in [-0.15, -0.1) is 0 Å². The van der Waals surface area contributed by atoms with E-state index < -0.39 is 24.5 Å². The molecular formula is C16H25N5O4. The van der Waals surface area contributed by atoms with Crippen LogP contribution in [0.25, 0.3) is 11.2 Å². The minimum absolute atomic E-state index is 0.0546. The molecule has 0 amide bonds. The van der Waals surface area contributed by atoms with Crippen LogP contribution in [-0.2, 0) is 14.2 Å². The van der Waals surface area contributed by atoms with Crippen LogP contribution in [-0.4, -0.2) is 61.8 Å². The summed E-state index contributed by atoms with van der Waals surface area (Å²) in [5.74, 6) is 0.283. The highest BCUT2D eigenvalue weighted by molar-refractivity contribution is 5.81. The highest BCUT2D eigenvalue weighted by Crippen LogP contribution is 2.34. The fraction of sp³-hybridized carbons (Fsp3) is 0.688.